The number of halogens is 3. The highest BCUT2D eigenvalue weighted by Crippen LogP contribution is 2.35. The van der Waals surface area contributed by atoms with E-state index < -0.39 is 18.6 Å². The van der Waals surface area contributed by atoms with E-state index in [-0.39, 0.29) is 25.0 Å². The zero-order valence-corrected chi connectivity index (χ0v) is 16.1. The highest BCUT2D eigenvalue weighted by Gasteiger charge is 2.37. The minimum Gasteiger partial charge on any atom is -0.494 e. The summed E-state index contributed by atoms with van der Waals surface area (Å²) in [6.45, 7) is 5.47. The van der Waals surface area contributed by atoms with Crippen LogP contribution in [0.2, 0.25) is 0 Å². The minimum atomic E-state index is -4.15. The molecule has 0 saturated carbocycles. The van der Waals surface area contributed by atoms with Crippen molar-refractivity contribution >= 4 is 12.0 Å². The number of hydrogen-bond donors (Lipinski definition) is 1. The van der Waals surface area contributed by atoms with Gasteiger partial charge in [-0.3, -0.25) is 9.69 Å². The van der Waals surface area contributed by atoms with Crippen LogP contribution >= 0.6 is 0 Å². The molecule has 1 fully saturated rings. The lowest BCUT2D eigenvalue weighted by Gasteiger charge is -2.43. The van der Waals surface area contributed by atoms with Crippen molar-refractivity contribution in [3.63, 3.8) is 0 Å². The molecule has 4 nitrogen and oxygen atoms in total. The van der Waals surface area contributed by atoms with Gasteiger partial charge in [-0.15, -0.1) is 0 Å². The summed E-state index contributed by atoms with van der Waals surface area (Å²) >= 11 is 0. The lowest BCUT2D eigenvalue weighted by molar-refractivity contribution is -0.148. The Balaban J connectivity index is 1.61. The van der Waals surface area contributed by atoms with Crippen LogP contribution in [0.4, 0.5) is 13.2 Å². The fourth-order valence-electron chi connectivity index (χ4n) is 3.95. The molecule has 0 radical (unpaired) electrons. The Morgan fingerprint density at radius 3 is 2.71 bits per heavy atom. The number of alkyl halides is 3. The van der Waals surface area contributed by atoms with Crippen molar-refractivity contribution in [2.24, 2.45) is 11.8 Å². The molecular formula is C21H26F3NO3. The molecule has 0 amide bonds. The van der Waals surface area contributed by atoms with Crippen LogP contribution in [0.3, 0.4) is 0 Å². The Morgan fingerprint density at radius 2 is 2.07 bits per heavy atom. The van der Waals surface area contributed by atoms with Crippen LogP contribution in [0.5, 0.6) is 5.75 Å². The van der Waals surface area contributed by atoms with Gasteiger partial charge < -0.3 is 9.84 Å². The number of hydrogen-bond acceptors (Lipinski definition) is 3. The van der Waals surface area contributed by atoms with E-state index in [1.54, 1.807) is 6.07 Å². The normalized spacial score (nSPS) is 21.5. The third kappa shape index (κ3) is 4.87. The lowest BCUT2D eigenvalue weighted by atomic mass is 9.80. The molecule has 1 N–H and O–H groups in total. The van der Waals surface area contributed by atoms with Crippen molar-refractivity contribution in [1.82, 2.24) is 4.90 Å². The molecule has 1 heterocycles. The molecule has 28 heavy (non-hydrogen) atoms. The van der Waals surface area contributed by atoms with Crippen molar-refractivity contribution < 1.29 is 27.8 Å². The molecule has 154 valence electrons. The number of carbonyl (C=O) groups is 1. The van der Waals surface area contributed by atoms with E-state index in [1.807, 2.05) is 12.1 Å². The average molecular weight is 397 g/mol. The van der Waals surface area contributed by atoms with Crippen molar-refractivity contribution in [2.45, 2.75) is 45.3 Å². The van der Waals surface area contributed by atoms with Crippen LogP contribution in [0, 0.1) is 11.8 Å². The number of fused-ring (bicyclic) bond motifs is 1. The largest absolute Gasteiger partial charge is 0.494 e. The average Bonchev–Trinajstić information content (AvgIpc) is 2.55. The van der Waals surface area contributed by atoms with Gasteiger partial charge in [0.2, 0.25) is 0 Å². The molecule has 1 aromatic carbocycles. The van der Waals surface area contributed by atoms with E-state index >= 15 is 0 Å². The number of benzene rings is 1. The molecule has 1 saturated heterocycles. The topological polar surface area (TPSA) is 49.8 Å². The third-order valence-corrected chi connectivity index (χ3v) is 5.69. The number of carboxylic acid groups (broad SMARTS) is 1. The molecule has 2 atom stereocenters. The number of ether oxygens (including phenoxy) is 1. The molecule has 7 heteroatoms. The van der Waals surface area contributed by atoms with E-state index in [0.29, 0.717) is 24.8 Å². The Labute approximate surface area is 163 Å². The van der Waals surface area contributed by atoms with Gasteiger partial charge in [-0.05, 0) is 54.5 Å². The lowest BCUT2D eigenvalue weighted by Crippen LogP contribution is -2.55. The number of likely N-dealkylation sites (tertiary alicyclic amines) is 1. The number of rotatable bonds is 7. The van der Waals surface area contributed by atoms with Gasteiger partial charge in [-0.25, -0.2) is 0 Å². The first kappa shape index (κ1) is 20.7. The standard InChI is InChI=1S/C21H26F3NO3/c1-13-8-16-9-18(28-7-3-6-21(22,23)24)5-4-15(16)10-19(13)14(2)25-11-17(12-25)20(26)27/h4-5,9-10,13-14,17H,3,6-8,11-12H2,1-2H3,(H,26,27)/t13-,14?/m0/s1. The van der Waals surface area contributed by atoms with E-state index in [0.717, 1.165) is 17.5 Å². The Morgan fingerprint density at radius 1 is 1.36 bits per heavy atom. The van der Waals surface area contributed by atoms with Crippen LogP contribution in [0.15, 0.2) is 23.8 Å². The summed E-state index contributed by atoms with van der Waals surface area (Å²) in [6, 6.07) is 5.85. The zero-order chi connectivity index (χ0) is 20.5. The summed E-state index contributed by atoms with van der Waals surface area (Å²) in [4.78, 5) is 13.2. The molecule has 0 spiro atoms. The van der Waals surface area contributed by atoms with Crippen LogP contribution in [0.25, 0.3) is 6.08 Å². The van der Waals surface area contributed by atoms with Crippen molar-refractivity contribution in [1.29, 1.82) is 0 Å². The van der Waals surface area contributed by atoms with Gasteiger partial charge in [-0.2, -0.15) is 13.2 Å². The van der Waals surface area contributed by atoms with Gasteiger partial charge >= 0.3 is 12.1 Å². The quantitative estimate of drug-likeness (QED) is 0.694. The van der Waals surface area contributed by atoms with E-state index in [9.17, 15) is 18.0 Å². The fraction of sp³-hybridized carbons (Fsp3) is 0.571. The summed E-state index contributed by atoms with van der Waals surface area (Å²) in [5.41, 5.74) is 3.51. The smallest absolute Gasteiger partial charge is 0.389 e. The molecular weight excluding hydrogens is 371 g/mol. The van der Waals surface area contributed by atoms with E-state index in [1.165, 1.54) is 5.57 Å². The van der Waals surface area contributed by atoms with Crippen LogP contribution in [0.1, 0.15) is 37.8 Å². The molecule has 1 aromatic rings. The zero-order valence-electron chi connectivity index (χ0n) is 16.1. The number of carboxylic acids is 1. The van der Waals surface area contributed by atoms with Crippen molar-refractivity contribution in [3.05, 3.63) is 34.9 Å². The molecule has 3 rings (SSSR count). The summed E-state index contributed by atoms with van der Waals surface area (Å²) in [6.07, 6.45) is -2.03. The second-order valence-electron chi connectivity index (χ2n) is 7.84. The second-order valence-corrected chi connectivity index (χ2v) is 7.84. The maximum atomic E-state index is 12.2. The van der Waals surface area contributed by atoms with Gasteiger partial charge in [0.25, 0.3) is 0 Å². The molecule has 2 aliphatic rings. The first-order chi connectivity index (χ1) is 13.1. The maximum Gasteiger partial charge on any atom is 0.389 e. The second kappa shape index (κ2) is 8.15. The predicted octanol–water partition coefficient (Wildman–Crippen LogP) is 4.39. The Hall–Kier alpha value is -2.02. The van der Waals surface area contributed by atoms with E-state index in [2.05, 4.69) is 24.8 Å². The summed E-state index contributed by atoms with van der Waals surface area (Å²) in [7, 11) is 0. The van der Waals surface area contributed by atoms with Crippen LogP contribution < -0.4 is 4.74 Å². The SMILES string of the molecule is CC(C1=Cc2ccc(OCCCC(F)(F)F)cc2C[C@@H]1C)N1CC(C(=O)O)C1. The molecule has 1 aliphatic heterocycles. The minimum absolute atomic E-state index is 0.0473. The van der Waals surface area contributed by atoms with Crippen molar-refractivity contribution in [2.75, 3.05) is 19.7 Å². The number of nitrogens with zero attached hydrogens (tertiary/aromatic N) is 1. The van der Waals surface area contributed by atoms with Crippen LogP contribution in [-0.4, -0.2) is 47.9 Å². The summed E-state index contributed by atoms with van der Waals surface area (Å²) in [5.74, 6) is -0.0922. The predicted molar refractivity (Wildman–Crippen MR) is 100 cm³/mol. The third-order valence-electron chi connectivity index (χ3n) is 5.69. The molecule has 0 aromatic heterocycles. The Kier molecular flexibility index (Phi) is 6.03. The molecule has 1 unspecified atom stereocenters. The van der Waals surface area contributed by atoms with Crippen molar-refractivity contribution in [3.8, 4) is 5.75 Å². The van der Waals surface area contributed by atoms with Gasteiger partial charge in [0, 0.05) is 25.6 Å². The maximum absolute atomic E-state index is 12.2. The monoisotopic (exact) mass is 397 g/mol. The molecule has 0 bridgehead atoms. The number of aliphatic carboxylic acids is 1. The Bertz CT molecular complexity index is 754. The first-order valence-corrected chi connectivity index (χ1v) is 9.65. The summed E-state index contributed by atoms with van der Waals surface area (Å²) in [5, 5.41) is 9.06. The summed E-state index contributed by atoms with van der Waals surface area (Å²) < 4.78 is 42.1. The molecule has 1 aliphatic carbocycles. The van der Waals surface area contributed by atoms with Crippen LogP contribution in [-0.2, 0) is 11.2 Å². The van der Waals surface area contributed by atoms with Gasteiger partial charge in [0.05, 0.1) is 12.5 Å². The van der Waals surface area contributed by atoms with Gasteiger partial charge in [0.15, 0.2) is 0 Å². The fourth-order valence-corrected chi connectivity index (χ4v) is 3.95. The van der Waals surface area contributed by atoms with Gasteiger partial charge in [0.1, 0.15) is 5.75 Å². The van der Waals surface area contributed by atoms with E-state index in [4.69, 9.17) is 9.84 Å². The highest BCUT2D eigenvalue weighted by atomic mass is 19.4. The van der Waals surface area contributed by atoms with Gasteiger partial charge in [-0.1, -0.05) is 19.1 Å². The highest BCUT2D eigenvalue weighted by molar-refractivity contribution is 5.71. The first-order valence-electron chi connectivity index (χ1n) is 9.65.